The molecular formula is C16H17N. The maximum Gasteiger partial charge on any atom is 0.0500 e. The highest BCUT2D eigenvalue weighted by atomic mass is 14.7. The second-order valence-corrected chi connectivity index (χ2v) is 4.50. The standard InChI is InChI=1S/C16H17N/c1-3-11-9-10-14-13-7-5-6-8-15(13)17-16(14)12(11)4-2/h5-10,17H,3-4H2,1-2H3. The summed E-state index contributed by atoms with van der Waals surface area (Å²) in [5.41, 5.74) is 5.51. The van der Waals surface area contributed by atoms with Crippen LogP contribution in [-0.4, -0.2) is 4.98 Å². The van der Waals surface area contributed by atoms with Gasteiger partial charge in [-0.05, 0) is 30.0 Å². The number of hydrogen-bond donors (Lipinski definition) is 1. The lowest BCUT2D eigenvalue weighted by Gasteiger charge is -2.06. The molecule has 0 fully saturated rings. The third-order valence-corrected chi connectivity index (χ3v) is 3.62. The Hall–Kier alpha value is -1.76. The molecule has 0 atom stereocenters. The maximum absolute atomic E-state index is 3.57. The number of aromatic nitrogens is 1. The summed E-state index contributed by atoms with van der Waals surface area (Å²) < 4.78 is 0. The number of rotatable bonds is 2. The summed E-state index contributed by atoms with van der Waals surface area (Å²) in [6.07, 6.45) is 2.20. The fourth-order valence-corrected chi connectivity index (χ4v) is 2.75. The quantitative estimate of drug-likeness (QED) is 0.660. The Bertz CT molecular complexity index is 676. The van der Waals surface area contributed by atoms with Gasteiger partial charge >= 0.3 is 0 Å². The highest BCUT2D eigenvalue weighted by Crippen LogP contribution is 2.29. The molecule has 0 aliphatic carbocycles. The molecule has 1 aromatic heterocycles. The van der Waals surface area contributed by atoms with E-state index in [1.54, 1.807) is 0 Å². The lowest BCUT2D eigenvalue weighted by atomic mass is 9.99. The molecule has 0 aliphatic rings. The van der Waals surface area contributed by atoms with Crippen LogP contribution in [0.3, 0.4) is 0 Å². The summed E-state index contributed by atoms with van der Waals surface area (Å²) >= 11 is 0. The Morgan fingerprint density at radius 2 is 1.71 bits per heavy atom. The van der Waals surface area contributed by atoms with E-state index in [4.69, 9.17) is 0 Å². The summed E-state index contributed by atoms with van der Waals surface area (Å²) in [6, 6.07) is 13.1. The second kappa shape index (κ2) is 3.92. The first-order valence-electron chi connectivity index (χ1n) is 6.36. The summed E-state index contributed by atoms with van der Waals surface area (Å²) in [4.78, 5) is 3.57. The van der Waals surface area contributed by atoms with Gasteiger partial charge in [0.05, 0.1) is 0 Å². The molecule has 2 aromatic carbocycles. The number of benzene rings is 2. The molecule has 0 saturated carbocycles. The third-order valence-electron chi connectivity index (χ3n) is 3.62. The van der Waals surface area contributed by atoms with Gasteiger partial charge in [-0.15, -0.1) is 0 Å². The number of aryl methyl sites for hydroxylation is 2. The van der Waals surface area contributed by atoms with Crippen molar-refractivity contribution >= 4 is 21.8 Å². The number of aromatic amines is 1. The monoisotopic (exact) mass is 223 g/mol. The van der Waals surface area contributed by atoms with Crippen LogP contribution in [-0.2, 0) is 12.8 Å². The van der Waals surface area contributed by atoms with E-state index in [1.165, 1.54) is 32.9 Å². The average molecular weight is 223 g/mol. The van der Waals surface area contributed by atoms with Crippen LogP contribution in [0.4, 0.5) is 0 Å². The third kappa shape index (κ3) is 1.46. The lowest BCUT2D eigenvalue weighted by molar-refractivity contribution is 1.05. The first-order valence-corrected chi connectivity index (χ1v) is 6.36. The molecule has 1 nitrogen and oxygen atoms in total. The average Bonchev–Trinajstić information content (AvgIpc) is 2.75. The van der Waals surface area contributed by atoms with Crippen LogP contribution in [0, 0.1) is 0 Å². The van der Waals surface area contributed by atoms with E-state index >= 15 is 0 Å². The van der Waals surface area contributed by atoms with Crippen LogP contribution in [0.2, 0.25) is 0 Å². The molecule has 86 valence electrons. The van der Waals surface area contributed by atoms with Gasteiger partial charge in [-0.1, -0.05) is 44.2 Å². The van der Waals surface area contributed by atoms with Crippen molar-refractivity contribution in [2.75, 3.05) is 0 Å². The Balaban J connectivity index is 2.47. The zero-order valence-corrected chi connectivity index (χ0v) is 10.4. The summed E-state index contributed by atoms with van der Waals surface area (Å²) in [5.74, 6) is 0. The van der Waals surface area contributed by atoms with Gasteiger partial charge in [-0.25, -0.2) is 0 Å². The molecule has 0 saturated heterocycles. The van der Waals surface area contributed by atoms with E-state index in [-0.39, 0.29) is 0 Å². The molecule has 1 heterocycles. The fraction of sp³-hybridized carbons (Fsp3) is 0.250. The first-order chi connectivity index (χ1) is 8.35. The molecule has 0 radical (unpaired) electrons. The van der Waals surface area contributed by atoms with E-state index in [9.17, 15) is 0 Å². The fourth-order valence-electron chi connectivity index (χ4n) is 2.75. The van der Waals surface area contributed by atoms with Gasteiger partial charge in [0.2, 0.25) is 0 Å². The van der Waals surface area contributed by atoms with E-state index in [0.717, 1.165) is 12.8 Å². The van der Waals surface area contributed by atoms with E-state index in [2.05, 4.69) is 55.2 Å². The Morgan fingerprint density at radius 1 is 0.882 bits per heavy atom. The normalized spacial score (nSPS) is 11.4. The number of nitrogens with one attached hydrogen (secondary N) is 1. The van der Waals surface area contributed by atoms with Crippen molar-refractivity contribution < 1.29 is 0 Å². The van der Waals surface area contributed by atoms with E-state index < -0.39 is 0 Å². The van der Waals surface area contributed by atoms with Crippen molar-refractivity contribution in [1.29, 1.82) is 0 Å². The van der Waals surface area contributed by atoms with Crippen molar-refractivity contribution in [1.82, 2.24) is 4.98 Å². The minimum absolute atomic E-state index is 1.09. The number of para-hydroxylation sites is 1. The maximum atomic E-state index is 3.57. The van der Waals surface area contributed by atoms with Crippen molar-refractivity contribution in [3.05, 3.63) is 47.5 Å². The molecule has 0 aliphatic heterocycles. The predicted octanol–water partition coefficient (Wildman–Crippen LogP) is 4.45. The minimum atomic E-state index is 1.09. The molecule has 17 heavy (non-hydrogen) atoms. The van der Waals surface area contributed by atoms with E-state index in [1.807, 2.05) is 0 Å². The first kappa shape index (κ1) is 10.4. The smallest absolute Gasteiger partial charge is 0.0500 e. The highest BCUT2D eigenvalue weighted by molar-refractivity contribution is 6.08. The largest absolute Gasteiger partial charge is 0.354 e. The van der Waals surface area contributed by atoms with Gasteiger partial charge < -0.3 is 4.98 Å². The summed E-state index contributed by atoms with van der Waals surface area (Å²) in [7, 11) is 0. The van der Waals surface area contributed by atoms with Crippen LogP contribution in [0.5, 0.6) is 0 Å². The lowest BCUT2D eigenvalue weighted by Crippen LogP contribution is -1.91. The molecule has 1 heteroatoms. The van der Waals surface area contributed by atoms with Crippen molar-refractivity contribution in [3.8, 4) is 0 Å². The number of hydrogen-bond acceptors (Lipinski definition) is 0. The number of fused-ring (bicyclic) bond motifs is 3. The van der Waals surface area contributed by atoms with E-state index in [0.29, 0.717) is 0 Å². The zero-order chi connectivity index (χ0) is 11.8. The molecule has 1 N–H and O–H groups in total. The van der Waals surface area contributed by atoms with Crippen LogP contribution in [0.15, 0.2) is 36.4 Å². The molecule has 0 unspecified atom stereocenters. The Kier molecular flexibility index (Phi) is 2.40. The molecule has 0 spiro atoms. The number of H-pyrrole nitrogens is 1. The van der Waals surface area contributed by atoms with Crippen LogP contribution < -0.4 is 0 Å². The molecule has 3 aromatic rings. The topological polar surface area (TPSA) is 15.8 Å². The van der Waals surface area contributed by atoms with Gasteiger partial charge in [0, 0.05) is 21.8 Å². The Labute approximate surface area is 101 Å². The van der Waals surface area contributed by atoms with Crippen molar-refractivity contribution in [2.24, 2.45) is 0 Å². The molecular weight excluding hydrogens is 206 g/mol. The zero-order valence-electron chi connectivity index (χ0n) is 10.4. The molecule has 0 bridgehead atoms. The summed E-state index contributed by atoms with van der Waals surface area (Å²) in [6.45, 7) is 4.46. The molecule has 3 rings (SSSR count). The minimum Gasteiger partial charge on any atom is -0.354 e. The predicted molar refractivity (Wildman–Crippen MR) is 74.6 cm³/mol. The SMILES string of the molecule is CCc1ccc2c([nH]c3ccccc32)c1CC. The molecule has 0 amide bonds. The highest BCUT2D eigenvalue weighted by Gasteiger charge is 2.09. The van der Waals surface area contributed by atoms with Gasteiger partial charge in [-0.3, -0.25) is 0 Å². The van der Waals surface area contributed by atoms with Gasteiger partial charge in [0.25, 0.3) is 0 Å². The van der Waals surface area contributed by atoms with Crippen molar-refractivity contribution in [2.45, 2.75) is 26.7 Å². The summed E-state index contributed by atoms with van der Waals surface area (Å²) in [5, 5.41) is 2.69. The Morgan fingerprint density at radius 3 is 2.47 bits per heavy atom. The van der Waals surface area contributed by atoms with Crippen LogP contribution >= 0.6 is 0 Å². The van der Waals surface area contributed by atoms with Crippen LogP contribution in [0.1, 0.15) is 25.0 Å². The van der Waals surface area contributed by atoms with Gasteiger partial charge in [0.15, 0.2) is 0 Å². The van der Waals surface area contributed by atoms with Crippen LogP contribution in [0.25, 0.3) is 21.8 Å². The van der Waals surface area contributed by atoms with Gasteiger partial charge in [0.1, 0.15) is 0 Å². The second-order valence-electron chi connectivity index (χ2n) is 4.50. The van der Waals surface area contributed by atoms with Gasteiger partial charge in [-0.2, -0.15) is 0 Å². The van der Waals surface area contributed by atoms with Crippen molar-refractivity contribution in [3.63, 3.8) is 0 Å².